The van der Waals surface area contributed by atoms with Crippen LogP contribution in [-0.4, -0.2) is 18.1 Å². The predicted octanol–water partition coefficient (Wildman–Crippen LogP) is -0.464. The number of hydrogen-bond donors (Lipinski definition) is 1. The van der Waals surface area contributed by atoms with Gasteiger partial charge in [-0.15, -0.1) is 0 Å². The van der Waals surface area contributed by atoms with Crippen LogP contribution in [0.15, 0.2) is 5.95 Å². The van der Waals surface area contributed by atoms with Crippen LogP contribution in [-0.2, 0) is 4.74 Å². The van der Waals surface area contributed by atoms with Gasteiger partial charge in [0.1, 0.15) is 0 Å². The van der Waals surface area contributed by atoms with Gasteiger partial charge in [-0.2, -0.15) is 0 Å². The SMILES string of the molecule is COC(O)=C=[N+]=O. The topological polar surface area (TPSA) is 60.6 Å². The number of aliphatic hydroxyl groups is 1. The summed E-state index contributed by atoms with van der Waals surface area (Å²) in [5, 5.41) is 8.15. The van der Waals surface area contributed by atoms with E-state index in [9.17, 15) is 0 Å². The highest BCUT2D eigenvalue weighted by molar-refractivity contribution is 5.50. The van der Waals surface area contributed by atoms with Gasteiger partial charge in [0.05, 0.1) is 7.11 Å². The molecule has 0 saturated carbocycles. The van der Waals surface area contributed by atoms with E-state index in [2.05, 4.69) is 9.59 Å². The highest BCUT2D eigenvalue weighted by atomic mass is 16.6. The summed E-state index contributed by atoms with van der Waals surface area (Å²) >= 11 is 0. The average Bonchev–Trinajstić information content (AvgIpc) is 1.68. The minimum absolute atomic E-state index is 0.602. The van der Waals surface area contributed by atoms with Crippen molar-refractivity contribution >= 4 is 5.87 Å². The fourth-order valence-corrected chi connectivity index (χ4v) is 0.0847. The van der Waals surface area contributed by atoms with Crippen molar-refractivity contribution in [2.24, 2.45) is 0 Å². The van der Waals surface area contributed by atoms with Crippen molar-refractivity contribution < 1.29 is 9.84 Å². The minimum atomic E-state index is -0.602. The molecule has 0 amide bonds. The molecule has 0 unspecified atom stereocenters. The first-order chi connectivity index (χ1) is 3.31. The number of nitrogens with zero attached hydrogens (tertiary/aromatic N) is 1. The van der Waals surface area contributed by atoms with Gasteiger partial charge in [0.2, 0.25) is 0 Å². The van der Waals surface area contributed by atoms with E-state index in [-0.39, 0.29) is 0 Å². The van der Waals surface area contributed by atoms with Crippen molar-refractivity contribution in [1.29, 1.82) is 0 Å². The zero-order chi connectivity index (χ0) is 5.70. The van der Waals surface area contributed by atoms with Gasteiger partial charge in [-0.05, 0) is 0 Å². The molecule has 0 aromatic carbocycles. The summed E-state index contributed by atoms with van der Waals surface area (Å²) in [4.78, 5) is 11.2. The largest absolute Gasteiger partial charge is 0.474 e. The zero-order valence-corrected chi connectivity index (χ0v) is 3.71. The van der Waals surface area contributed by atoms with Crippen LogP contribution in [0.25, 0.3) is 0 Å². The Morgan fingerprint density at radius 2 is 2.57 bits per heavy atom. The van der Waals surface area contributed by atoms with E-state index in [0.717, 1.165) is 0 Å². The fourth-order valence-electron chi connectivity index (χ4n) is 0.0847. The molecule has 0 heterocycles. The van der Waals surface area contributed by atoms with E-state index in [1.54, 1.807) is 5.87 Å². The van der Waals surface area contributed by atoms with Gasteiger partial charge in [0, 0.05) is 0 Å². The van der Waals surface area contributed by atoms with Gasteiger partial charge in [-0.3, -0.25) is 0 Å². The third-order valence-corrected chi connectivity index (χ3v) is 0.335. The average molecular weight is 102 g/mol. The molecular weight excluding hydrogens is 98.0 g/mol. The van der Waals surface area contributed by atoms with Crippen molar-refractivity contribution in [3.05, 3.63) is 10.9 Å². The lowest BCUT2D eigenvalue weighted by Crippen LogP contribution is -1.83. The first-order valence-corrected chi connectivity index (χ1v) is 1.49. The van der Waals surface area contributed by atoms with Gasteiger partial charge < -0.3 is 9.84 Å². The molecule has 0 rings (SSSR count). The van der Waals surface area contributed by atoms with Crippen molar-refractivity contribution in [3.8, 4) is 0 Å². The van der Waals surface area contributed by atoms with Gasteiger partial charge >= 0.3 is 11.8 Å². The predicted molar refractivity (Wildman–Crippen MR) is 23.7 cm³/mol. The van der Waals surface area contributed by atoms with E-state index in [1.165, 1.54) is 7.11 Å². The van der Waals surface area contributed by atoms with E-state index in [4.69, 9.17) is 10.0 Å². The highest BCUT2D eigenvalue weighted by Gasteiger charge is 1.89. The molecule has 0 aliphatic heterocycles. The van der Waals surface area contributed by atoms with Crippen LogP contribution in [0.1, 0.15) is 0 Å². The van der Waals surface area contributed by atoms with Crippen LogP contribution >= 0.6 is 0 Å². The Balaban J connectivity index is 4.01. The monoisotopic (exact) mass is 102 g/mol. The molecule has 1 N–H and O–H groups in total. The zero-order valence-electron chi connectivity index (χ0n) is 3.71. The molecule has 0 atom stereocenters. The highest BCUT2D eigenvalue weighted by Crippen LogP contribution is 1.73. The van der Waals surface area contributed by atoms with Gasteiger partial charge in [-0.1, -0.05) is 0 Å². The van der Waals surface area contributed by atoms with E-state index >= 15 is 0 Å². The lowest BCUT2D eigenvalue weighted by Gasteiger charge is -1.80. The molecular formula is C3H4NO3+. The molecule has 0 aliphatic carbocycles. The summed E-state index contributed by atoms with van der Waals surface area (Å²) in [6.07, 6.45) is 0. The molecule has 0 radical (unpaired) electrons. The number of rotatable bonds is 1. The Bertz CT molecular complexity index is 129. The second-order valence-electron chi connectivity index (χ2n) is 0.712. The Morgan fingerprint density at radius 3 is 2.71 bits per heavy atom. The number of methoxy groups -OCH3 is 1. The van der Waals surface area contributed by atoms with Crippen LogP contribution in [0.2, 0.25) is 0 Å². The lowest BCUT2D eigenvalue weighted by molar-refractivity contribution is 0.144. The van der Waals surface area contributed by atoms with Crippen molar-refractivity contribution in [3.63, 3.8) is 0 Å². The van der Waals surface area contributed by atoms with E-state index < -0.39 is 5.95 Å². The molecule has 0 fully saturated rings. The molecule has 4 nitrogen and oxygen atoms in total. The Labute approximate surface area is 39.7 Å². The molecule has 0 aliphatic rings. The van der Waals surface area contributed by atoms with Crippen LogP contribution in [0.5, 0.6) is 0 Å². The summed E-state index contributed by atoms with van der Waals surface area (Å²) < 4.78 is 4.06. The maximum Gasteiger partial charge on any atom is 0.474 e. The Kier molecular flexibility index (Phi) is 2.44. The maximum atomic E-state index is 9.15. The van der Waals surface area contributed by atoms with Gasteiger partial charge in [0.25, 0.3) is 4.85 Å². The van der Waals surface area contributed by atoms with Crippen molar-refractivity contribution in [1.82, 2.24) is 4.85 Å². The summed E-state index contributed by atoms with van der Waals surface area (Å²) in [5.41, 5.74) is 0. The molecule has 0 aromatic rings. The Hall–Kier alpha value is -1.24. The molecule has 7 heavy (non-hydrogen) atoms. The summed E-state index contributed by atoms with van der Waals surface area (Å²) in [6, 6.07) is 0. The lowest BCUT2D eigenvalue weighted by atomic mass is 11.0. The first-order valence-electron chi connectivity index (χ1n) is 1.49. The first kappa shape index (κ1) is 5.76. The number of nitroso groups, excluding NO2 is 1. The molecule has 0 aromatic heterocycles. The maximum absolute atomic E-state index is 9.15. The van der Waals surface area contributed by atoms with Crippen molar-refractivity contribution in [2.75, 3.05) is 7.11 Å². The standard InChI is InChI=1S/C3H3NO3/c1-7-3(5)2-4-6/h1H3/p+1. The van der Waals surface area contributed by atoms with Gasteiger partial charge in [0.15, 0.2) is 4.91 Å². The number of ether oxygens (including phenoxy) is 1. The van der Waals surface area contributed by atoms with Crippen molar-refractivity contribution in [2.45, 2.75) is 0 Å². The third-order valence-electron chi connectivity index (χ3n) is 0.335. The van der Waals surface area contributed by atoms with E-state index in [0.29, 0.717) is 0 Å². The smallest absolute Gasteiger partial charge is 0.470 e. The fraction of sp³-hybridized carbons (Fsp3) is 0.333. The van der Waals surface area contributed by atoms with Crippen LogP contribution in [0, 0.1) is 4.91 Å². The second kappa shape index (κ2) is 2.97. The third kappa shape index (κ3) is 2.56. The van der Waals surface area contributed by atoms with Gasteiger partial charge in [-0.25, -0.2) is 0 Å². The molecule has 0 spiro atoms. The van der Waals surface area contributed by atoms with Crippen LogP contribution in [0.4, 0.5) is 0 Å². The summed E-state index contributed by atoms with van der Waals surface area (Å²) in [5.74, 6) is 1.01. The second-order valence-corrected chi connectivity index (χ2v) is 0.712. The Morgan fingerprint density at radius 1 is 2.00 bits per heavy atom. The normalized spacial score (nSPS) is 5.86. The minimum Gasteiger partial charge on any atom is -0.470 e. The number of aliphatic hydroxyl groups excluding tert-OH is 1. The quantitative estimate of drug-likeness (QED) is 0.277. The molecule has 0 bridgehead atoms. The van der Waals surface area contributed by atoms with Crippen LogP contribution < -0.4 is 4.85 Å². The van der Waals surface area contributed by atoms with E-state index in [1.807, 2.05) is 0 Å². The molecule has 4 heteroatoms. The number of hydrogen-bond acceptors (Lipinski definition) is 3. The molecule has 0 saturated heterocycles. The molecule has 38 valence electrons. The summed E-state index contributed by atoms with van der Waals surface area (Å²) in [7, 11) is 1.20. The van der Waals surface area contributed by atoms with Crippen LogP contribution in [0.3, 0.4) is 0 Å². The summed E-state index contributed by atoms with van der Waals surface area (Å²) in [6.45, 7) is 0.